The van der Waals surface area contributed by atoms with Gasteiger partial charge in [-0.25, -0.2) is 4.98 Å². The van der Waals surface area contributed by atoms with Crippen LogP contribution in [0.2, 0.25) is 5.02 Å². The number of nitrogens with zero attached hydrogens (tertiary/aromatic N) is 2. The number of halogens is 1. The number of aromatic nitrogens is 2. The number of rotatable bonds is 6. The molecule has 2 heterocycles. The first-order valence-electron chi connectivity index (χ1n) is 7.81. The Hall–Kier alpha value is -1.40. The van der Waals surface area contributed by atoms with Gasteiger partial charge in [0.2, 0.25) is 0 Å². The molecule has 2 aromatic heterocycles. The van der Waals surface area contributed by atoms with Crippen LogP contribution in [0.1, 0.15) is 41.8 Å². The number of benzene rings is 1. The summed E-state index contributed by atoms with van der Waals surface area (Å²) >= 11 is 7.55. The van der Waals surface area contributed by atoms with Crippen LogP contribution in [0.5, 0.6) is 0 Å². The molecule has 2 N–H and O–H groups in total. The number of thiazole rings is 1. The predicted molar refractivity (Wildman–Crippen MR) is 93.2 cm³/mol. The highest BCUT2D eigenvalue weighted by Gasteiger charge is 2.30. The zero-order valence-corrected chi connectivity index (χ0v) is 14.1. The van der Waals surface area contributed by atoms with Gasteiger partial charge in [0, 0.05) is 35.6 Å². The summed E-state index contributed by atoms with van der Waals surface area (Å²) in [7, 11) is 0. The maximum atomic E-state index is 10.3. The van der Waals surface area contributed by atoms with Crippen molar-refractivity contribution >= 4 is 27.9 Å². The molecule has 1 saturated carbocycles. The van der Waals surface area contributed by atoms with Crippen molar-refractivity contribution in [3.8, 4) is 0 Å². The van der Waals surface area contributed by atoms with Crippen molar-refractivity contribution in [2.45, 2.75) is 31.4 Å². The van der Waals surface area contributed by atoms with Gasteiger partial charge in [-0.15, -0.1) is 11.3 Å². The Morgan fingerprint density at radius 3 is 2.87 bits per heavy atom. The molecule has 120 valence electrons. The van der Waals surface area contributed by atoms with Gasteiger partial charge in [-0.2, -0.15) is 0 Å². The van der Waals surface area contributed by atoms with Gasteiger partial charge in [0.1, 0.15) is 0 Å². The molecule has 4 rings (SSSR count). The molecular formula is C17H18ClN3OS. The molecule has 3 aromatic rings. The van der Waals surface area contributed by atoms with Gasteiger partial charge >= 0.3 is 0 Å². The van der Waals surface area contributed by atoms with E-state index in [-0.39, 0.29) is 0 Å². The third-order valence-corrected chi connectivity index (χ3v) is 5.25. The summed E-state index contributed by atoms with van der Waals surface area (Å²) in [6, 6.07) is 7.33. The summed E-state index contributed by atoms with van der Waals surface area (Å²) in [4.78, 5) is 5.82. The first-order valence-corrected chi connectivity index (χ1v) is 9.06. The Morgan fingerprint density at radius 1 is 1.35 bits per heavy atom. The van der Waals surface area contributed by atoms with Crippen molar-refractivity contribution in [1.29, 1.82) is 0 Å². The van der Waals surface area contributed by atoms with Gasteiger partial charge < -0.3 is 10.4 Å². The summed E-state index contributed by atoms with van der Waals surface area (Å²) in [5, 5.41) is 16.4. The van der Waals surface area contributed by atoms with Crippen LogP contribution in [0, 0.1) is 0 Å². The standard InChI is InChI=1S/C17H18ClN3OS/c18-13-5-3-11(4-6-13)15(22)10-19-9-14-16(12-1-2-12)20-17-21(14)7-8-23-17/h3-8,12,15,19,22H,1-2,9-10H2. The van der Waals surface area contributed by atoms with E-state index in [4.69, 9.17) is 16.6 Å². The van der Waals surface area contributed by atoms with E-state index in [0.29, 0.717) is 24.0 Å². The van der Waals surface area contributed by atoms with Crippen molar-refractivity contribution in [1.82, 2.24) is 14.7 Å². The minimum Gasteiger partial charge on any atom is -0.387 e. The average Bonchev–Trinajstić information content (AvgIpc) is 3.19. The fourth-order valence-corrected chi connectivity index (χ4v) is 3.70. The van der Waals surface area contributed by atoms with E-state index in [1.165, 1.54) is 24.2 Å². The largest absolute Gasteiger partial charge is 0.387 e. The highest BCUT2D eigenvalue weighted by atomic mass is 35.5. The van der Waals surface area contributed by atoms with Crippen LogP contribution in [0.3, 0.4) is 0 Å². The topological polar surface area (TPSA) is 49.6 Å². The summed E-state index contributed by atoms with van der Waals surface area (Å²) < 4.78 is 2.17. The molecule has 0 spiro atoms. The predicted octanol–water partition coefficient (Wildman–Crippen LogP) is 3.75. The van der Waals surface area contributed by atoms with Crippen LogP contribution in [0.4, 0.5) is 0 Å². The molecule has 0 amide bonds. The number of aliphatic hydroxyl groups is 1. The van der Waals surface area contributed by atoms with Crippen LogP contribution in [0.15, 0.2) is 35.8 Å². The second-order valence-corrected chi connectivity index (χ2v) is 7.28. The highest BCUT2D eigenvalue weighted by Crippen LogP contribution is 2.41. The molecule has 1 unspecified atom stereocenters. The zero-order chi connectivity index (χ0) is 15.8. The Kier molecular flexibility index (Phi) is 4.11. The van der Waals surface area contributed by atoms with Gasteiger partial charge in [-0.3, -0.25) is 4.40 Å². The molecular weight excluding hydrogens is 330 g/mol. The summed E-state index contributed by atoms with van der Waals surface area (Å²) in [6.45, 7) is 1.22. The Balaban J connectivity index is 1.43. The summed E-state index contributed by atoms with van der Waals surface area (Å²) in [5.41, 5.74) is 3.33. The second kappa shape index (κ2) is 6.24. The Bertz CT molecular complexity index is 807. The number of imidazole rings is 1. The van der Waals surface area contributed by atoms with Crippen molar-refractivity contribution in [3.05, 3.63) is 57.8 Å². The van der Waals surface area contributed by atoms with Crippen molar-refractivity contribution < 1.29 is 5.11 Å². The molecule has 1 atom stereocenters. The molecule has 0 bridgehead atoms. The monoisotopic (exact) mass is 347 g/mol. The lowest BCUT2D eigenvalue weighted by Crippen LogP contribution is -2.22. The lowest BCUT2D eigenvalue weighted by Gasteiger charge is -2.12. The van der Waals surface area contributed by atoms with E-state index in [1.54, 1.807) is 23.5 Å². The van der Waals surface area contributed by atoms with Crippen LogP contribution >= 0.6 is 22.9 Å². The molecule has 1 aliphatic rings. The van der Waals surface area contributed by atoms with Crippen LogP contribution in [-0.2, 0) is 6.54 Å². The molecule has 0 aliphatic heterocycles. The Morgan fingerprint density at radius 2 is 2.13 bits per heavy atom. The molecule has 1 aromatic carbocycles. The fourth-order valence-electron chi connectivity index (χ4n) is 2.84. The number of nitrogens with one attached hydrogen (secondary N) is 1. The Labute approximate surface area is 143 Å². The van der Waals surface area contributed by atoms with Gasteiger partial charge in [-0.1, -0.05) is 23.7 Å². The lowest BCUT2D eigenvalue weighted by atomic mass is 10.1. The molecule has 23 heavy (non-hydrogen) atoms. The molecule has 1 fully saturated rings. The van der Waals surface area contributed by atoms with E-state index in [9.17, 15) is 5.11 Å². The third kappa shape index (κ3) is 3.15. The van der Waals surface area contributed by atoms with Crippen LogP contribution in [0.25, 0.3) is 4.96 Å². The van der Waals surface area contributed by atoms with Crippen LogP contribution in [-0.4, -0.2) is 21.0 Å². The van der Waals surface area contributed by atoms with E-state index in [0.717, 1.165) is 10.5 Å². The van der Waals surface area contributed by atoms with E-state index in [1.807, 2.05) is 12.1 Å². The van der Waals surface area contributed by atoms with E-state index < -0.39 is 6.10 Å². The third-order valence-electron chi connectivity index (χ3n) is 4.24. The maximum absolute atomic E-state index is 10.3. The summed E-state index contributed by atoms with van der Waals surface area (Å²) in [6.07, 6.45) is 4.02. The lowest BCUT2D eigenvalue weighted by molar-refractivity contribution is 0.174. The van der Waals surface area contributed by atoms with Gasteiger partial charge in [0.25, 0.3) is 0 Å². The highest BCUT2D eigenvalue weighted by molar-refractivity contribution is 7.15. The van der Waals surface area contributed by atoms with Crippen molar-refractivity contribution in [2.75, 3.05) is 6.54 Å². The number of hydrogen-bond acceptors (Lipinski definition) is 4. The van der Waals surface area contributed by atoms with Crippen molar-refractivity contribution in [2.24, 2.45) is 0 Å². The molecule has 6 heteroatoms. The zero-order valence-electron chi connectivity index (χ0n) is 12.6. The molecule has 4 nitrogen and oxygen atoms in total. The number of fused-ring (bicyclic) bond motifs is 1. The normalized spacial score (nSPS) is 16.1. The van der Waals surface area contributed by atoms with Gasteiger partial charge in [0.05, 0.1) is 17.5 Å². The number of aliphatic hydroxyl groups excluding tert-OH is 1. The second-order valence-electron chi connectivity index (χ2n) is 5.97. The van der Waals surface area contributed by atoms with Crippen molar-refractivity contribution in [3.63, 3.8) is 0 Å². The first kappa shape index (κ1) is 15.1. The van der Waals surface area contributed by atoms with E-state index in [2.05, 4.69) is 21.3 Å². The first-order chi connectivity index (χ1) is 11.2. The smallest absolute Gasteiger partial charge is 0.194 e. The minimum atomic E-state index is -0.539. The van der Waals surface area contributed by atoms with Gasteiger partial charge in [-0.05, 0) is 30.5 Å². The molecule has 1 aliphatic carbocycles. The number of hydrogen-bond donors (Lipinski definition) is 2. The average molecular weight is 348 g/mol. The SMILES string of the molecule is OC(CNCc1c(C2CC2)nc2sccn12)c1ccc(Cl)cc1. The summed E-state index contributed by atoms with van der Waals surface area (Å²) in [5.74, 6) is 0.625. The van der Waals surface area contributed by atoms with Crippen LogP contribution < -0.4 is 5.32 Å². The maximum Gasteiger partial charge on any atom is 0.194 e. The molecule has 0 radical (unpaired) electrons. The fraction of sp³-hybridized carbons (Fsp3) is 0.353. The quantitative estimate of drug-likeness (QED) is 0.714. The van der Waals surface area contributed by atoms with Gasteiger partial charge in [0.15, 0.2) is 4.96 Å². The van der Waals surface area contributed by atoms with E-state index >= 15 is 0 Å². The molecule has 0 saturated heterocycles. The minimum absolute atomic E-state index is 0.503.